The molecule has 0 unspecified atom stereocenters. The van der Waals surface area contributed by atoms with Gasteiger partial charge in [0.15, 0.2) is 0 Å². The number of aromatic hydroxyl groups is 1. The normalized spacial score (nSPS) is 10.1. The number of hydrogen-bond acceptors (Lipinski definition) is 3. The molecule has 1 amide bonds. The zero-order valence-corrected chi connectivity index (χ0v) is 12.4. The molecule has 0 spiro atoms. The van der Waals surface area contributed by atoms with E-state index in [1.807, 2.05) is 54.6 Å². The number of anilines is 3. The van der Waals surface area contributed by atoms with Crippen LogP contribution in [0.3, 0.4) is 0 Å². The minimum atomic E-state index is -0.341. The Bertz CT molecular complexity index is 799. The average Bonchev–Trinajstić information content (AvgIpc) is 2.58. The minimum absolute atomic E-state index is 0.0348. The molecule has 4 nitrogen and oxygen atoms in total. The van der Waals surface area contributed by atoms with Gasteiger partial charge in [-0.3, -0.25) is 4.79 Å². The van der Waals surface area contributed by atoms with Gasteiger partial charge in [-0.05, 0) is 48.5 Å². The van der Waals surface area contributed by atoms with Crippen molar-refractivity contribution in [1.82, 2.24) is 0 Å². The van der Waals surface area contributed by atoms with Crippen molar-refractivity contribution < 1.29 is 9.90 Å². The number of hydrogen-bond donors (Lipinski definition) is 3. The summed E-state index contributed by atoms with van der Waals surface area (Å²) in [5.41, 5.74) is 2.84. The van der Waals surface area contributed by atoms with Crippen LogP contribution in [0.25, 0.3) is 0 Å². The molecule has 114 valence electrons. The van der Waals surface area contributed by atoms with E-state index in [-0.39, 0.29) is 17.2 Å². The molecule has 0 heterocycles. The number of para-hydroxylation sites is 2. The molecular weight excluding hydrogens is 288 g/mol. The summed E-state index contributed by atoms with van der Waals surface area (Å²) in [5.74, 6) is -0.376. The van der Waals surface area contributed by atoms with E-state index in [4.69, 9.17) is 0 Å². The van der Waals surface area contributed by atoms with Gasteiger partial charge in [0.1, 0.15) is 5.75 Å². The molecule has 3 rings (SSSR count). The van der Waals surface area contributed by atoms with Crippen molar-refractivity contribution in [2.45, 2.75) is 0 Å². The maximum Gasteiger partial charge on any atom is 0.259 e. The summed E-state index contributed by atoms with van der Waals surface area (Å²) in [6, 6.07) is 23.7. The topological polar surface area (TPSA) is 61.4 Å². The van der Waals surface area contributed by atoms with Crippen LogP contribution in [0.1, 0.15) is 10.4 Å². The van der Waals surface area contributed by atoms with Gasteiger partial charge in [0.2, 0.25) is 0 Å². The fourth-order valence-electron chi connectivity index (χ4n) is 2.19. The van der Waals surface area contributed by atoms with E-state index in [1.54, 1.807) is 18.2 Å². The van der Waals surface area contributed by atoms with Crippen LogP contribution in [0.5, 0.6) is 5.75 Å². The van der Waals surface area contributed by atoms with Gasteiger partial charge in [-0.1, -0.05) is 30.3 Å². The highest BCUT2D eigenvalue weighted by molar-refractivity contribution is 6.06. The minimum Gasteiger partial charge on any atom is -0.507 e. The first-order valence-corrected chi connectivity index (χ1v) is 7.24. The third-order valence-corrected chi connectivity index (χ3v) is 3.35. The predicted octanol–water partition coefficient (Wildman–Crippen LogP) is 4.39. The highest BCUT2D eigenvalue weighted by Crippen LogP contribution is 2.21. The van der Waals surface area contributed by atoms with Gasteiger partial charge in [-0.25, -0.2) is 0 Å². The highest BCUT2D eigenvalue weighted by atomic mass is 16.3. The standard InChI is InChI=1S/C19H16N2O2/c22-18-9-5-4-8-17(18)19(23)21-16-12-10-15(11-13-16)20-14-6-2-1-3-7-14/h1-13,20,22H,(H,21,23). The summed E-state index contributed by atoms with van der Waals surface area (Å²) < 4.78 is 0. The third kappa shape index (κ3) is 3.68. The van der Waals surface area contributed by atoms with Crippen LogP contribution in [0.4, 0.5) is 17.1 Å². The maximum absolute atomic E-state index is 12.1. The SMILES string of the molecule is O=C(Nc1ccc(Nc2ccccc2)cc1)c1ccccc1O. The van der Waals surface area contributed by atoms with Crippen molar-refractivity contribution in [1.29, 1.82) is 0 Å². The van der Waals surface area contributed by atoms with Crippen molar-refractivity contribution in [3.05, 3.63) is 84.4 Å². The number of benzene rings is 3. The van der Waals surface area contributed by atoms with Crippen molar-refractivity contribution in [2.75, 3.05) is 10.6 Å². The number of carbonyl (C=O) groups is 1. The summed E-state index contributed by atoms with van der Waals surface area (Å²) >= 11 is 0. The molecule has 0 saturated heterocycles. The zero-order valence-electron chi connectivity index (χ0n) is 12.4. The fourth-order valence-corrected chi connectivity index (χ4v) is 2.19. The van der Waals surface area contributed by atoms with E-state index in [9.17, 15) is 9.90 Å². The Morgan fingerprint density at radius 2 is 1.26 bits per heavy atom. The molecule has 0 fully saturated rings. The molecule has 0 aliphatic carbocycles. The van der Waals surface area contributed by atoms with E-state index in [0.29, 0.717) is 5.69 Å². The van der Waals surface area contributed by atoms with Crippen LogP contribution in [0.15, 0.2) is 78.9 Å². The smallest absolute Gasteiger partial charge is 0.259 e. The summed E-state index contributed by atoms with van der Waals surface area (Å²) in [5, 5.41) is 15.7. The zero-order chi connectivity index (χ0) is 16.1. The lowest BCUT2D eigenvalue weighted by molar-refractivity contribution is 0.102. The first-order valence-electron chi connectivity index (χ1n) is 7.24. The number of nitrogens with one attached hydrogen (secondary N) is 2. The highest BCUT2D eigenvalue weighted by Gasteiger charge is 2.10. The van der Waals surface area contributed by atoms with Crippen molar-refractivity contribution >= 4 is 23.0 Å². The van der Waals surface area contributed by atoms with Crippen LogP contribution >= 0.6 is 0 Å². The lowest BCUT2D eigenvalue weighted by atomic mass is 10.2. The van der Waals surface area contributed by atoms with Crippen LogP contribution in [0, 0.1) is 0 Å². The molecule has 3 N–H and O–H groups in total. The molecule has 3 aromatic carbocycles. The average molecular weight is 304 g/mol. The van der Waals surface area contributed by atoms with Gasteiger partial charge in [0.25, 0.3) is 5.91 Å². The summed E-state index contributed by atoms with van der Waals surface area (Å²) in [7, 11) is 0. The second-order valence-corrected chi connectivity index (χ2v) is 5.04. The maximum atomic E-state index is 12.1. The van der Waals surface area contributed by atoms with E-state index in [0.717, 1.165) is 11.4 Å². The van der Waals surface area contributed by atoms with Crippen molar-refractivity contribution in [3.63, 3.8) is 0 Å². The number of phenolic OH excluding ortho intramolecular Hbond substituents is 1. The molecule has 0 radical (unpaired) electrons. The van der Waals surface area contributed by atoms with Gasteiger partial charge in [0.05, 0.1) is 5.56 Å². The first kappa shape index (κ1) is 14.7. The van der Waals surface area contributed by atoms with Crippen molar-refractivity contribution in [3.8, 4) is 5.75 Å². The Hall–Kier alpha value is -3.27. The lowest BCUT2D eigenvalue weighted by Gasteiger charge is -2.09. The Morgan fingerprint density at radius 1 is 0.696 bits per heavy atom. The Kier molecular flexibility index (Phi) is 4.25. The monoisotopic (exact) mass is 304 g/mol. The van der Waals surface area contributed by atoms with Crippen LogP contribution in [-0.2, 0) is 0 Å². The number of phenols is 1. The molecular formula is C19H16N2O2. The number of rotatable bonds is 4. The number of amides is 1. The molecule has 3 aromatic rings. The van der Waals surface area contributed by atoms with E-state index >= 15 is 0 Å². The van der Waals surface area contributed by atoms with Crippen molar-refractivity contribution in [2.24, 2.45) is 0 Å². The van der Waals surface area contributed by atoms with Gasteiger partial charge in [0, 0.05) is 17.1 Å². The summed E-state index contributed by atoms with van der Waals surface area (Å²) in [6.45, 7) is 0. The second kappa shape index (κ2) is 6.66. The van der Waals surface area contributed by atoms with Gasteiger partial charge in [-0.2, -0.15) is 0 Å². The van der Waals surface area contributed by atoms with Gasteiger partial charge < -0.3 is 15.7 Å². The molecule has 4 heteroatoms. The summed E-state index contributed by atoms with van der Waals surface area (Å²) in [6.07, 6.45) is 0. The molecule has 0 bridgehead atoms. The molecule has 23 heavy (non-hydrogen) atoms. The quantitative estimate of drug-likeness (QED) is 0.670. The Balaban J connectivity index is 1.68. The van der Waals surface area contributed by atoms with Gasteiger partial charge >= 0.3 is 0 Å². The molecule has 0 atom stereocenters. The van der Waals surface area contributed by atoms with Crippen LogP contribution in [-0.4, -0.2) is 11.0 Å². The fraction of sp³-hybridized carbons (Fsp3) is 0. The first-order chi connectivity index (χ1) is 11.2. The summed E-state index contributed by atoms with van der Waals surface area (Å²) in [4.78, 5) is 12.1. The van der Waals surface area contributed by atoms with E-state index in [1.165, 1.54) is 6.07 Å². The van der Waals surface area contributed by atoms with Crippen LogP contribution < -0.4 is 10.6 Å². The lowest BCUT2D eigenvalue weighted by Crippen LogP contribution is -2.11. The molecule has 0 saturated carbocycles. The molecule has 0 aromatic heterocycles. The van der Waals surface area contributed by atoms with Crippen LogP contribution in [0.2, 0.25) is 0 Å². The van der Waals surface area contributed by atoms with Gasteiger partial charge in [-0.15, -0.1) is 0 Å². The third-order valence-electron chi connectivity index (χ3n) is 3.35. The van der Waals surface area contributed by atoms with E-state index in [2.05, 4.69) is 10.6 Å². The second-order valence-electron chi connectivity index (χ2n) is 5.04. The largest absolute Gasteiger partial charge is 0.507 e. The molecule has 0 aliphatic rings. The number of carbonyl (C=O) groups excluding carboxylic acids is 1. The molecule has 0 aliphatic heterocycles. The Labute approximate surface area is 134 Å². The Morgan fingerprint density at radius 3 is 1.96 bits per heavy atom. The predicted molar refractivity (Wildman–Crippen MR) is 92.2 cm³/mol. The van der Waals surface area contributed by atoms with E-state index < -0.39 is 0 Å².